The van der Waals surface area contributed by atoms with E-state index in [1.807, 2.05) is 6.92 Å². The van der Waals surface area contributed by atoms with Crippen molar-refractivity contribution in [3.63, 3.8) is 0 Å². The first kappa shape index (κ1) is 9.52. The van der Waals surface area contributed by atoms with Gasteiger partial charge in [-0.05, 0) is 19.8 Å². The number of carbonyl (C=O) groups excluding carboxylic acids is 1. The summed E-state index contributed by atoms with van der Waals surface area (Å²) in [7, 11) is 0. The van der Waals surface area contributed by atoms with Crippen LogP contribution in [-0.4, -0.2) is 35.1 Å². The second-order valence-corrected chi connectivity index (χ2v) is 3.68. The summed E-state index contributed by atoms with van der Waals surface area (Å²) in [4.78, 5) is 13.2. The number of β-amino-alcohol motifs (C(OH)–C–C–N with tert-alkyl or cyclic N) is 1. The molecule has 0 aromatic heterocycles. The van der Waals surface area contributed by atoms with Gasteiger partial charge in [0.15, 0.2) is 0 Å². The average molecular weight is 171 g/mol. The maximum absolute atomic E-state index is 11.5. The summed E-state index contributed by atoms with van der Waals surface area (Å²) in [6.45, 7) is 4.97. The largest absolute Gasteiger partial charge is 0.392 e. The van der Waals surface area contributed by atoms with Gasteiger partial charge < -0.3 is 10.0 Å². The quantitative estimate of drug-likeness (QED) is 0.662. The minimum absolute atomic E-state index is 0.150. The molecule has 0 radical (unpaired) electrons. The first-order chi connectivity index (χ1) is 5.61. The fourth-order valence-electron chi connectivity index (χ4n) is 1.63. The summed E-state index contributed by atoms with van der Waals surface area (Å²) in [5, 5.41) is 9.11. The second-order valence-electron chi connectivity index (χ2n) is 3.68. The molecular formula is C9H17NO2. The molecule has 0 aliphatic carbocycles. The Morgan fingerprint density at radius 1 is 1.75 bits per heavy atom. The zero-order valence-electron chi connectivity index (χ0n) is 7.79. The molecule has 1 saturated heterocycles. The Hall–Kier alpha value is -0.570. The number of carbonyl (C=O) groups is 1. The highest BCUT2D eigenvalue weighted by Gasteiger charge is 2.25. The van der Waals surface area contributed by atoms with Crippen LogP contribution in [0.5, 0.6) is 0 Å². The molecule has 1 unspecified atom stereocenters. The summed E-state index contributed by atoms with van der Waals surface area (Å²) in [5.41, 5.74) is 0. The van der Waals surface area contributed by atoms with Gasteiger partial charge in [-0.3, -0.25) is 4.79 Å². The molecule has 1 aliphatic heterocycles. The minimum Gasteiger partial charge on any atom is -0.392 e. The molecule has 1 amide bonds. The summed E-state index contributed by atoms with van der Waals surface area (Å²) < 4.78 is 0. The molecule has 3 heteroatoms. The van der Waals surface area contributed by atoms with E-state index in [-0.39, 0.29) is 11.8 Å². The predicted molar refractivity (Wildman–Crippen MR) is 46.7 cm³/mol. The van der Waals surface area contributed by atoms with Crippen LogP contribution >= 0.6 is 0 Å². The number of amides is 1. The SMILES string of the molecule is CC1CCCN(C[C@@H](C)O)C1=O. The maximum Gasteiger partial charge on any atom is 0.225 e. The topological polar surface area (TPSA) is 40.5 Å². The molecule has 0 saturated carbocycles. The van der Waals surface area contributed by atoms with Gasteiger partial charge in [-0.15, -0.1) is 0 Å². The van der Waals surface area contributed by atoms with E-state index in [9.17, 15) is 4.79 Å². The number of aliphatic hydroxyl groups is 1. The van der Waals surface area contributed by atoms with Gasteiger partial charge in [0.1, 0.15) is 0 Å². The van der Waals surface area contributed by atoms with Gasteiger partial charge in [0, 0.05) is 19.0 Å². The van der Waals surface area contributed by atoms with Crippen LogP contribution in [0.3, 0.4) is 0 Å². The van der Waals surface area contributed by atoms with Gasteiger partial charge in [-0.25, -0.2) is 0 Å². The molecule has 1 N–H and O–H groups in total. The molecule has 12 heavy (non-hydrogen) atoms. The van der Waals surface area contributed by atoms with Gasteiger partial charge in [0.05, 0.1) is 6.10 Å². The normalized spacial score (nSPS) is 27.4. The summed E-state index contributed by atoms with van der Waals surface area (Å²) >= 11 is 0. The van der Waals surface area contributed by atoms with E-state index < -0.39 is 6.10 Å². The van der Waals surface area contributed by atoms with E-state index in [1.54, 1.807) is 11.8 Å². The smallest absolute Gasteiger partial charge is 0.225 e. The number of hydrogen-bond donors (Lipinski definition) is 1. The first-order valence-corrected chi connectivity index (χ1v) is 4.58. The number of rotatable bonds is 2. The Morgan fingerprint density at radius 3 is 3.00 bits per heavy atom. The van der Waals surface area contributed by atoms with Gasteiger partial charge in [-0.1, -0.05) is 6.92 Å². The lowest BCUT2D eigenvalue weighted by molar-refractivity contribution is -0.139. The second kappa shape index (κ2) is 3.90. The highest BCUT2D eigenvalue weighted by atomic mass is 16.3. The molecule has 1 aliphatic rings. The summed E-state index contributed by atoms with van der Waals surface area (Å²) in [5.74, 6) is 0.347. The number of hydrogen-bond acceptors (Lipinski definition) is 2. The average Bonchev–Trinajstić information content (AvgIpc) is 1.98. The van der Waals surface area contributed by atoms with E-state index in [0.29, 0.717) is 6.54 Å². The van der Waals surface area contributed by atoms with E-state index >= 15 is 0 Å². The van der Waals surface area contributed by atoms with Gasteiger partial charge >= 0.3 is 0 Å². The van der Waals surface area contributed by atoms with E-state index in [2.05, 4.69) is 0 Å². The standard InChI is InChI=1S/C9H17NO2/c1-7-4-3-5-10(9(7)12)6-8(2)11/h7-8,11H,3-6H2,1-2H3/t7?,8-/m1/s1. The molecule has 0 aromatic carbocycles. The van der Waals surface area contributed by atoms with Crippen LogP contribution in [0.1, 0.15) is 26.7 Å². The van der Waals surface area contributed by atoms with Crippen LogP contribution in [0, 0.1) is 5.92 Å². The number of nitrogens with zero attached hydrogens (tertiary/aromatic N) is 1. The summed E-state index contributed by atoms with van der Waals surface area (Å²) in [6.07, 6.45) is 1.66. The molecule has 2 atom stereocenters. The lowest BCUT2D eigenvalue weighted by Crippen LogP contribution is -2.43. The highest BCUT2D eigenvalue weighted by Crippen LogP contribution is 2.16. The molecular weight excluding hydrogens is 154 g/mol. The maximum atomic E-state index is 11.5. The highest BCUT2D eigenvalue weighted by molar-refractivity contribution is 5.79. The van der Waals surface area contributed by atoms with Crippen LogP contribution in [-0.2, 0) is 4.79 Å². The molecule has 1 heterocycles. The van der Waals surface area contributed by atoms with Crippen molar-refractivity contribution < 1.29 is 9.90 Å². The Balaban J connectivity index is 2.46. The Bertz CT molecular complexity index is 168. The van der Waals surface area contributed by atoms with E-state index in [1.165, 1.54) is 0 Å². The van der Waals surface area contributed by atoms with Crippen LogP contribution in [0.15, 0.2) is 0 Å². The molecule has 3 nitrogen and oxygen atoms in total. The molecule has 70 valence electrons. The third-order valence-electron chi connectivity index (χ3n) is 2.28. The van der Waals surface area contributed by atoms with Crippen molar-refractivity contribution in [2.75, 3.05) is 13.1 Å². The van der Waals surface area contributed by atoms with Gasteiger partial charge in [-0.2, -0.15) is 0 Å². The van der Waals surface area contributed by atoms with E-state index in [0.717, 1.165) is 19.4 Å². The van der Waals surface area contributed by atoms with Crippen molar-refractivity contribution in [1.29, 1.82) is 0 Å². The number of piperidine rings is 1. The zero-order valence-corrected chi connectivity index (χ0v) is 7.79. The Kier molecular flexibility index (Phi) is 3.09. The van der Waals surface area contributed by atoms with Crippen molar-refractivity contribution >= 4 is 5.91 Å². The Morgan fingerprint density at radius 2 is 2.42 bits per heavy atom. The molecule has 0 spiro atoms. The van der Waals surface area contributed by atoms with Crippen molar-refractivity contribution in [3.8, 4) is 0 Å². The minimum atomic E-state index is -0.403. The third-order valence-corrected chi connectivity index (χ3v) is 2.28. The van der Waals surface area contributed by atoms with Crippen LogP contribution in [0.25, 0.3) is 0 Å². The fraction of sp³-hybridized carbons (Fsp3) is 0.889. The molecule has 1 rings (SSSR count). The Labute approximate surface area is 73.4 Å². The molecule has 1 fully saturated rings. The van der Waals surface area contributed by atoms with E-state index in [4.69, 9.17) is 5.11 Å². The van der Waals surface area contributed by atoms with Crippen molar-refractivity contribution in [3.05, 3.63) is 0 Å². The van der Waals surface area contributed by atoms with Crippen LogP contribution in [0.2, 0.25) is 0 Å². The van der Waals surface area contributed by atoms with Gasteiger partial charge in [0.2, 0.25) is 5.91 Å². The first-order valence-electron chi connectivity index (χ1n) is 4.58. The monoisotopic (exact) mass is 171 g/mol. The van der Waals surface area contributed by atoms with Crippen molar-refractivity contribution in [2.45, 2.75) is 32.8 Å². The lowest BCUT2D eigenvalue weighted by atomic mass is 9.99. The van der Waals surface area contributed by atoms with Crippen LogP contribution in [0.4, 0.5) is 0 Å². The van der Waals surface area contributed by atoms with Crippen molar-refractivity contribution in [2.24, 2.45) is 5.92 Å². The molecule has 0 bridgehead atoms. The lowest BCUT2D eigenvalue weighted by Gasteiger charge is -2.31. The third kappa shape index (κ3) is 2.21. The number of aliphatic hydroxyl groups excluding tert-OH is 1. The van der Waals surface area contributed by atoms with Gasteiger partial charge in [0.25, 0.3) is 0 Å². The molecule has 0 aromatic rings. The van der Waals surface area contributed by atoms with Crippen molar-refractivity contribution in [1.82, 2.24) is 4.90 Å². The zero-order chi connectivity index (χ0) is 9.14. The fourth-order valence-corrected chi connectivity index (χ4v) is 1.63. The summed E-state index contributed by atoms with van der Waals surface area (Å²) in [6, 6.07) is 0. The predicted octanol–water partition coefficient (Wildman–Crippen LogP) is 0.626. The number of likely N-dealkylation sites (tertiary alicyclic amines) is 1. The van der Waals surface area contributed by atoms with Crippen LogP contribution < -0.4 is 0 Å².